The Kier molecular flexibility index (Phi) is 6.46. The molecule has 21 heavy (non-hydrogen) atoms. The van der Waals surface area contributed by atoms with E-state index in [0.717, 1.165) is 23.8 Å². The number of nitrogens with zero attached hydrogens (tertiary/aromatic N) is 4. The third-order valence-electron chi connectivity index (χ3n) is 3.23. The van der Waals surface area contributed by atoms with Gasteiger partial charge in [-0.2, -0.15) is 0 Å². The van der Waals surface area contributed by atoms with Gasteiger partial charge in [-0.1, -0.05) is 28.8 Å². The highest BCUT2D eigenvalue weighted by Crippen LogP contribution is 2.15. The lowest BCUT2D eigenvalue weighted by Crippen LogP contribution is -2.48. The number of rotatable bonds is 5. The molecule has 1 amide bonds. The van der Waals surface area contributed by atoms with Gasteiger partial charge in [-0.3, -0.25) is 4.79 Å². The van der Waals surface area contributed by atoms with Crippen LogP contribution in [0.15, 0.2) is 24.9 Å². The van der Waals surface area contributed by atoms with Crippen LogP contribution in [0.1, 0.15) is 25.7 Å². The molecule has 0 aromatic carbocycles. The van der Waals surface area contributed by atoms with E-state index in [0.29, 0.717) is 11.6 Å². The van der Waals surface area contributed by atoms with Gasteiger partial charge in [0.15, 0.2) is 5.65 Å². The largest absolute Gasteiger partial charge is 0.355 e. The lowest BCUT2D eigenvalue weighted by atomic mass is 9.95. The number of hydrogen-bond acceptors (Lipinski definition) is 5. The van der Waals surface area contributed by atoms with E-state index in [9.17, 15) is 4.79 Å². The van der Waals surface area contributed by atoms with Gasteiger partial charge in [0.2, 0.25) is 5.91 Å². The molecule has 0 bridgehead atoms. The van der Waals surface area contributed by atoms with Crippen molar-refractivity contribution in [3.63, 3.8) is 0 Å². The van der Waals surface area contributed by atoms with Crippen LogP contribution in [0.5, 0.6) is 0 Å². The molecule has 112 valence electrons. The maximum Gasteiger partial charge on any atom is 0.224 e. The molecule has 1 aliphatic rings. The number of halogens is 1. The van der Waals surface area contributed by atoms with Crippen molar-refractivity contribution >= 4 is 33.0 Å². The van der Waals surface area contributed by atoms with E-state index in [2.05, 4.69) is 41.2 Å². The van der Waals surface area contributed by atoms with Gasteiger partial charge in [0.05, 0.1) is 12.1 Å². The molecule has 0 saturated carbocycles. The molecule has 1 aliphatic heterocycles. The van der Waals surface area contributed by atoms with Crippen molar-refractivity contribution in [3.8, 4) is 0 Å². The highest BCUT2D eigenvalue weighted by atomic mass is 79.9. The molecular formula is C14H18BrN5O. The Morgan fingerprint density at radius 3 is 2.71 bits per heavy atom. The van der Waals surface area contributed by atoms with E-state index in [1.807, 2.05) is 0 Å². The summed E-state index contributed by atoms with van der Waals surface area (Å²) >= 11 is 3.38. The molecular weight excluding hydrogens is 334 g/mol. The molecule has 1 saturated heterocycles. The van der Waals surface area contributed by atoms with Gasteiger partial charge < -0.3 is 5.32 Å². The van der Waals surface area contributed by atoms with Gasteiger partial charge >= 0.3 is 0 Å². The van der Waals surface area contributed by atoms with Crippen LogP contribution < -0.4 is 5.32 Å². The summed E-state index contributed by atoms with van der Waals surface area (Å²) in [5, 5.41) is 3.84. The molecule has 0 radical (unpaired) electrons. The summed E-state index contributed by atoms with van der Waals surface area (Å²) in [5.74, 6) is 0.592. The molecule has 2 aromatic rings. The Balaban J connectivity index is 0.000000154. The van der Waals surface area contributed by atoms with E-state index >= 15 is 0 Å². The first-order valence-corrected chi connectivity index (χ1v) is 8.14. The summed E-state index contributed by atoms with van der Waals surface area (Å²) in [6.45, 7) is 0.910. The standard InChI is InChI=1S/C8H14BrNO.C6H4N4/c9-5-3-1-2-4-7-6-10-8(7)11;1-2-9-6-5(8-1)3-7-4-10-6/h7H,1-6H2,(H,10,11);1-4H. The minimum absolute atomic E-state index is 0.254. The molecule has 3 rings (SSSR count). The van der Waals surface area contributed by atoms with Crippen molar-refractivity contribution in [1.29, 1.82) is 0 Å². The smallest absolute Gasteiger partial charge is 0.224 e. The van der Waals surface area contributed by atoms with Crippen LogP contribution in [-0.2, 0) is 4.79 Å². The summed E-state index contributed by atoms with van der Waals surface area (Å²) in [6.07, 6.45) is 11.1. The van der Waals surface area contributed by atoms with Crippen LogP contribution in [0.25, 0.3) is 11.2 Å². The van der Waals surface area contributed by atoms with Crippen LogP contribution in [0.4, 0.5) is 0 Å². The van der Waals surface area contributed by atoms with Gasteiger partial charge in [0, 0.05) is 24.3 Å². The molecule has 1 N–H and O–H groups in total. The van der Waals surface area contributed by atoms with E-state index in [-0.39, 0.29) is 5.91 Å². The van der Waals surface area contributed by atoms with Gasteiger partial charge in [0.1, 0.15) is 11.8 Å². The van der Waals surface area contributed by atoms with Crippen LogP contribution in [-0.4, -0.2) is 37.7 Å². The van der Waals surface area contributed by atoms with Crippen molar-refractivity contribution in [2.75, 3.05) is 11.9 Å². The molecule has 1 unspecified atom stereocenters. The molecule has 1 fully saturated rings. The fourth-order valence-electron chi connectivity index (χ4n) is 1.95. The van der Waals surface area contributed by atoms with E-state index in [1.165, 1.54) is 25.6 Å². The summed E-state index contributed by atoms with van der Waals surface area (Å²) < 4.78 is 0. The number of hydrogen-bond donors (Lipinski definition) is 1. The number of fused-ring (bicyclic) bond motifs is 1. The molecule has 3 heterocycles. The lowest BCUT2D eigenvalue weighted by Gasteiger charge is -2.25. The topological polar surface area (TPSA) is 80.7 Å². The zero-order valence-electron chi connectivity index (χ0n) is 11.7. The first-order chi connectivity index (χ1) is 10.3. The van der Waals surface area contributed by atoms with Crippen LogP contribution in [0.2, 0.25) is 0 Å². The zero-order valence-corrected chi connectivity index (χ0v) is 13.3. The summed E-state index contributed by atoms with van der Waals surface area (Å²) in [7, 11) is 0. The average Bonchev–Trinajstić information content (AvgIpc) is 2.54. The Morgan fingerprint density at radius 2 is 2.05 bits per heavy atom. The number of alkyl halides is 1. The Labute approximate surface area is 131 Å². The summed E-state index contributed by atoms with van der Waals surface area (Å²) in [5.41, 5.74) is 1.36. The van der Waals surface area contributed by atoms with Crippen molar-refractivity contribution in [3.05, 3.63) is 24.9 Å². The van der Waals surface area contributed by atoms with Gasteiger partial charge in [-0.15, -0.1) is 0 Å². The van der Waals surface area contributed by atoms with E-state index in [1.54, 1.807) is 18.6 Å². The number of β-lactam (4-membered cyclic amide) rings is 1. The number of amides is 1. The molecule has 7 heteroatoms. The number of unbranched alkanes of at least 4 members (excludes halogenated alkanes) is 2. The number of carbonyl (C=O) groups is 1. The zero-order chi connectivity index (χ0) is 14.9. The second-order valence-corrected chi connectivity index (χ2v) is 5.56. The number of nitrogens with one attached hydrogen (secondary N) is 1. The summed E-state index contributed by atoms with van der Waals surface area (Å²) in [6, 6.07) is 0. The third kappa shape index (κ3) is 5.00. The fourth-order valence-corrected chi connectivity index (χ4v) is 2.35. The third-order valence-corrected chi connectivity index (χ3v) is 3.79. The predicted octanol–water partition coefficient (Wildman–Crippen LogP) is 2.11. The predicted molar refractivity (Wildman–Crippen MR) is 83.9 cm³/mol. The van der Waals surface area contributed by atoms with Crippen molar-refractivity contribution in [2.45, 2.75) is 25.7 Å². The minimum atomic E-state index is 0.254. The SMILES string of the molecule is O=C1NCC1CCCCCBr.c1cnc2ncncc2n1. The Morgan fingerprint density at radius 1 is 1.19 bits per heavy atom. The second-order valence-electron chi connectivity index (χ2n) is 4.77. The highest BCUT2D eigenvalue weighted by molar-refractivity contribution is 9.09. The number of aromatic nitrogens is 4. The van der Waals surface area contributed by atoms with Crippen LogP contribution in [0.3, 0.4) is 0 Å². The monoisotopic (exact) mass is 351 g/mol. The first kappa shape index (κ1) is 15.8. The average molecular weight is 352 g/mol. The Bertz CT molecular complexity index is 515. The maximum atomic E-state index is 10.8. The summed E-state index contributed by atoms with van der Waals surface area (Å²) in [4.78, 5) is 26.4. The van der Waals surface area contributed by atoms with Crippen molar-refractivity contribution in [2.24, 2.45) is 5.92 Å². The maximum absolute atomic E-state index is 10.8. The molecule has 0 spiro atoms. The van der Waals surface area contributed by atoms with Crippen molar-refractivity contribution in [1.82, 2.24) is 25.3 Å². The molecule has 0 aliphatic carbocycles. The van der Waals surface area contributed by atoms with Crippen LogP contribution in [0, 0.1) is 5.92 Å². The Hall–Kier alpha value is -1.63. The van der Waals surface area contributed by atoms with Gasteiger partial charge in [0.25, 0.3) is 0 Å². The molecule has 1 atom stereocenters. The van der Waals surface area contributed by atoms with Gasteiger partial charge in [-0.05, 0) is 12.8 Å². The molecule has 6 nitrogen and oxygen atoms in total. The fraction of sp³-hybridized carbons (Fsp3) is 0.500. The lowest BCUT2D eigenvalue weighted by molar-refractivity contribution is -0.131. The van der Waals surface area contributed by atoms with Crippen LogP contribution >= 0.6 is 15.9 Å². The van der Waals surface area contributed by atoms with Gasteiger partial charge in [-0.25, -0.2) is 19.9 Å². The number of carbonyl (C=O) groups excluding carboxylic acids is 1. The molecule has 2 aromatic heterocycles. The minimum Gasteiger partial charge on any atom is -0.355 e. The van der Waals surface area contributed by atoms with E-state index in [4.69, 9.17) is 0 Å². The first-order valence-electron chi connectivity index (χ1n) is 7.01. The van der Waals surface area contributed by atoms with Crippen molar-refractivity contribution < 1.29 is 4.79 Å². The second kappa shape index (κ2) is 8.61. The van der Waals surface area contributed by atoms with E-state index < -0.39 is 0 Å². The quantitative estimate of drug-likeness (QED) is 0.506. The normalized spacial score (nSPS) is 16.6. The highest BCUT2D eigenvalue weighted by Gasteiger charge is 2.26.